The molecule has 20 heavy (non-hydrogen) atoms. The highest BCUT2D eigenvalue weighted by molar-refractivity contribution is 5.37. The fourth-order valence-corrected chi connectivity index (χ4v) is 2.43. The molecule has 3 heteroatoms. The number of aromatic nitrogens is 1. The molecule has 106 valence electrons. The van der Waals surface area contributed by atoms with Gasteiger partial charge < -0.3 is 10.1 Å². The minimum absolute atomic E-state index is 0.0932. The third-order valence-electron chi connectivity index (χ3n) is 3.36. The number of pyridine rings is 1. The molecule has 0 spiro atoms. The van der Waals surface area contributed by atoms with Crippen molar-refractivity contribution >= 4 is 0 Å². The summed E-state index contributed by atoms with van der Waals surface area (Å²) in [7, 11) is 1.69. The van der Waals surface area contributed by atoms with E-state index in [1.54, 1.807) is 7.11 Å². The predicted molar refractivity (Wildman–Crippen MR) is 82.2 cm³/mol. The van der Waals surface area contributed by atoms with Gasteiger partial charge in [-0.15, -0.1) is 0 Å². The highest BCUT2D eigenvalue weighted by atomic mass is 16.5. The van der Waals surface area contributed by atoms with Crippen LogP contribution in [-0.4, -0.2) is 18.6 Å². The molecular weight excluding hydrogens is 248 g/mol. The van der Waals surface area contributed by atoms with E-state index in [9.17, 15) is 0 Å². The molecule has 0 saturated carbocycles. The maximum Gasteiger partial charge on any atom is 0.119 e. The van der Waals surface area contributed by atoms with E-state index >= 15 is 0 Å². The van der Waals surface area contributed by atoms with Gasteiger partial charge in [0.25, 0.3) is 0 Å². The quantitative estimate of drug-likeness (QED) is 0.904. The Balaban J connectivity index is 2.44. The second kappa shape index (κ2) is 6.53. The lowest BCUT2D eigenvalue weighted by Crippen LogP contribution is -2.24. The van der Waals surface area contributed by atoms with Crippen molar-refractivity contribution < 1.29 is 4.74 Å². The van der Waals surface area contributed by atoms with Crippen LogP contribution in [0.25, 0.3) is 0 Å². The fraction of sp³-hybridized carbons (Fsp3) is 0.353. The number of hydrogen-bond acceptors (Lipinski definition) is 3. The van der Waals surface area contributed by atoms with Crippen LogP contribution in [0.1, 0.15) is 35.3 Å². The van der Waals surface area contributed by atoms with Crippen molar-refractivity contribution in [3.63, 3.8) is 0 Å². The SMILES string of the molecule is CCNC(c1cccc(OC)c1)c1ncc(C)cc1C. The Hall–Kier alpha value is -1.87. The van der Waals surface area contributed by atoms with Crippen molar-refractivity contribution in [2.24, 2.45) is 0 Å². The second-order valence-electron chi connectivity index (χ2n) is 4.98. The van der Waals surface area contributed by atoms with Gasteiger partial charge in [0.1, 0.15) is 5.75 Å². The Bertz CT molecular complexity index is 581. The van der Waals surface area contributed by atoms with Crippen molar-refractivity contribution in [3.8, 4) is 5.75 Å². The van der Waals surface area contributed by atoms with Crippen molar-refractivity contribution in [1.82, 2.24) is 10.3 Å². The number of ether oxygens (including phenoxy) is 1. The Morgan fingerprint density at radius 1 is 1.25 bits per heavy atom. The Labute approximate surface area is 121 Å². The zero-order valence-corrected chi connectivity index (χ0v) is 12.6. The molecule has 3 nitrogen and oxygen atoms in total. The molecule has 1 unspecified atom stereocenters. The summed E-state index contributed by atoms with van der Waals surface area (Å²) in [5.41, 5.74) is 4.64. The monoisotopic (exact) mass is 270 g/mol. The summed E-state index contributed by atoms with van der Waals surface area (Å²) in [5.74, 6) is 0.871. The first-order chi connectivity index (χ1) is 9.65. The number of benzene rings is 1. The van der Waals surface area contributed by atoms with Crippen LogP contribution >= 0.6 is 0 Å². The van der Waals surface area contributed by atoms with Crippen LogP contribution in [0.5, 0.6) is 5.75 Å². The Kier molecular flexibility index (Phi) is 4.74. The van der Waals surface area contributed by atoms with E-state index in [2.05, 4.69) is 49.3 Å². The van der Waals surface area contributed by atoms with E-state index < -0.39 is 0 Å². The normalized spacial score (nSPS) is 12.2. The molecule has 1 aromatic heterocycles. The van der Waals surface area contributed by atoms with Gasteiger partial charge in [0, 0.05) is 6.20 Å². The maximum atomic E-state index is 5.32. The average Bonchev–Trinajstić information content (AvgIpc) is 2.45. The van der Waals surface area contributed by atoms with Crippen molar-refractivity contribution in [2.75, 3.05) is 13.7 Å². The first kappa shape index (κ1) is 14.5. The van der Waals surface area contributed by atoms with Gasteiger partial charge in [-0.3, -0.25) is 4.98 Å². The molecule has 0 radical (unpaired) electrons. The van der Waals surface area contributed by atoms with Gasteiger partial charge in [-0.1, -0.05) is 25.1 Å². The number of hydrogen-bond donors (Lipinski definition) is 1. The van der Waals surface area contributed by atoms with Gasteiger partial charge in [0.05, 0.1) is 18.8 Å². The third-order valence-corrected chi connectivity index (χ3v) is 3.36. The smallest absolute Gasteiger partial charge is 0.119 e. The molecule has 0 aliphatic carbocycles. The molecule has 1 aromatic carbocycles. The van der Waals surface area contributed by atoms with Crippen LogP contribution in [0.2, 0.25) is 0 Å². The number of rotatable bonds is 5. The molecule has 0 saturated heterocycles. The zero-order chi connectivity index (χ0) is 14.5. The van der Waals surface area contributed by atoms with Crippen molar-refractivity contribution in [3.05, 3.63) is 58.9 Å². The predicted octanol–water partition coefficient (Wildman–Crippen LogP) is 3.41. The standard InChI is InChI=1S/C17H22N2O/c1-5-18-17(14-7-6-8-15(10-14)20-4)16-13(3)9-12(2)11-19-16/h6-11,17-18H,5H2,1-4H3. The van der Waals surface area contributed by atoms with Crippen molar-refractivity contribution in [1.29, 1.82) is 0 Å². The molecule has 1 N–H and O–H groups in total. The van der Waals surface area contributed by atoms with E-state index in [-0.39, 0.29) is 6.04 Å². The lowest BCUT2D eigenvalue weighted by Gasteiger charge is -2.20. The molecule has 0 amide bonds. The first-order valence-electron chi connectivity index (χ1n) is 6.96. The number of nitrogens with one attached hydrogen (secondary N) is 1. The number of aryl methyl sites for hydroxylation is 2. The third kappa shape index (κ3) is 3.17. The van der Waals surface area contributed by atoms with E-state index in [4.69, 9.17) is 4.74 Å². The van der Waals surface area contributed by atoms with E-state index in [1.807, 2.05) is 18.3 Å². The van der Waals surface area contributed by atoms with Crippen LogP contribution in [0.4, 0.5) is 0 Å². The average molecular weight is 270 g/mol. The van der Waals surface area contributed by atoms with Crippen LogP contribution in [-0.2, 0) is 0 Å². The lowest BCUT2D eigenvalue weighted by atomic mass is 9.99. The van der Waals surface area contributed by atoms with Gasteiger partial charge in [0.2, 0.25) is 0 Å². The second-order valence-corrected chi connectivity index (χ2v) is 4.98. The molecular formula is C17H22N2O. The summed E-state index contributed by atoms with van der Waals surface area (Å²) < 4.78 is 5.32. The van der Waals surface area contributed by atoms with Gasteiger partial charge in [-0.2, -0.15) is 0 Å². The molecule has 1 heterocycles. The van der Waals surface area contributed by atoms with Gasteiger partial charge in [0.15, 0.2) is 0 Å². The summed E-state index contributed by atoms with van der Waals surface area (Å²) in [6.07, 6.45) is 1.92. The minimum atomic E-state index is 0.0932. The molecule has 1 atom stereocenters. The lowest BCUT2D eigenvalue weighted by molar-refractivity contribution is 0.413. The van der Waals surface area contributed by atoms with E-state index in [0.29, 0.717) is 0 Å². The molecule has 0 bridgehead atoms. The summed E-state index contributed by atoms with van der Waals surface area (Å²) >= 11 is 0. The minimum Gasteiger partial charge on any atom is -0.497 e. The maximum absolute atomic E-state index is 5.32. The summed E-state index contributed by atoms with van der Waals surface area (Å²) in [4.78, 5) is 4.63. The fourth-order valence-electron chi connectivity index (χ4n) is 2.43. The summed E-state index contributed by atoms with van der Waals surface area (Å²) in [6, 6.07) is 10.4. The molecule has 0 fully saturated rings. The van der Waals surface area contributed by atoms with Crippen LogP contribution < -0.4 is 10.1 Å². The van der Waals surface area contributed by atoms with Crippen molar-refractivity contribution in [2.45, 2.75) is 26.8 Å². The van der Waals surface area contributed by atoms with E-state index in [0.717, 1.165) is 18.0 Å². The Morgan fingerprint density at radius 3 is 2.70 bits per heavy atom. The highest BCUT2D eigenvalue weighted by Gasteiger charge is 2.17. The number of methoxy groups -OCH3 is 1. The largest absolute Gasteiger partial charge is 0.497 e. The topological polar surface area (TPSA) is 34.1 Å². The van der Waals surface area contributed by atoms with Crippen LogP contribution in [0.3, 0.4) is 0 Å². The van der Waals surface area contributed by atoms with Gasteiger partial charge >= 0.3 is 0 Å². The molecule has 0 aliphatic heterocycles. The summed E-state index contributed by atoms with van der Waals surface area (Å²) in [6.45, 7) is 7.17. The van der Waals surface area contributed by atoms with Gasteiger partial charge in [-0.05, 0) is 49.2 Å². The molecule has 2 rings (SSSR count). The molecule has 2 aromatic rings. The highest BCUT2D eigenvalue weighted by Crippen LogP contribution is 2.26. The van der Waals surface area contributed by atoms with Gasteiger partial charge in [-0.25, -0.2) is 0 Å². The molecule has 0 aliphatic rings. The first-order valence-corrected chi connectivity index (χ1v) is 6.96. The van der Waals surface area contributed by atoms with Crippen LogP contribution in [0.15, 0.2) is 36.5 Å². The Morgan fingerprint density at radius 2 is 2.05 bits per heavy atom. The zero-order valence-electron chi connectivity index (χ0n) is 12.6. The van der Waals surface area contributed by atoms with Crippen LogP contribution in [0, 0.1) is 13.8 Å². The summed E-state index contributed by atoms with van der Waals surface area (Å²) in [5, 5.41) is 3.51. The number of nitrogens with zero attached hydrogens (tertiary/aromatic N) is 1. The van der Waals surface area contributed by atoms with E-state index in [1.165, 1.54) is 16.7 Å².